The number of amides is 1. The molecular weight excluding hydrogens is 397 g/mol. The van der Waals surface area contributed by atoms with E-state index in [2.05, 4.69) is 15.0 Å². The molecule has 3 aliphatic heterocycles. The minimum Gasteiger partial charge on any atom is -0.356 e. The van der Waals surface area contributed by atoms with Gasteiger partial charge in [0.25, 0.3) is 5.91 Å². The van der Waals surface area contributed by atoms with Gasteiger partial charge >= 0.3 is 0 Å². The number of rotatable bonds is 2. The second kappa shape index (κ2) is 6.75. The van der Waals surface area contributed by atoms with Crippen molar-refractivity contribution >= 4 is 17.4 Å². The van der Waals surface area contributed by atoms with Gasteiger partial charge in [0.2, 0.25) is 0 Å². The number of aromatic nitrogens is 3. The summed E-state index contributed by atoms with van der Waals surface area (Å²) in [5.41, 5.74) is 1.66. The molecule has 7 nitrogen and oxygen atoms in total. The van der Waals surface area contributed by atoms with Crippen LogP contribution >= 0.6 is 0 Å². The van der Waals surface area contributed by atoms with Gasteiger partial charge in [0, 0.05) is 43.3 Å². The fraction of sp³-hybridized carbons (Fsp3) is 0.435. The van der Waals surface area contributed by atoms with E-state index in [4.69, 9.17) is 4.74 Å². The smallest absolute Gasteiger partial charge is 0.257 e. The largest absolute Gasteiger partial charge is 0.356 e. The third-order valence-electron chi connectivity index (χ3n) is 7.04. The normalized spacial score (nSPS) is 25.0. The van der Waals surface area contributed by atoms with E-state index in [0.29, 0.717) is 31.5 Å². The highest BCUT2D eigenvalue weighted by Crippen LogP contribution is 2.48. The predicted octanol–water partition coefficient (Wildman–Crippen LogP) is 3.24. The number of carbonyl (C=O) groups is 1. The van der Waals surface area contributed by atoms with Gasteiger partial charge in [-0.05, 0) is 31.9 Å². The van der Waals surface area contributed by atoms with E-state index in [1.54, 1.807) is 23.2 Å². The number of fused-ring (bicyclic) bond motifs is 2. The number of anilines is 1. The summed E-state index contributed by atoms with van der Waals surface area (Å²) in [4.78, 5) is 22.0. The molecule has 3 aromatic rings. The number of benzene rings is 1. The maximum atomic E-state index is 14.4. The van der Waals surface area contributed by atoms with Crippen LogP contribution in [0.5, 0.6) is 0 Å². The molecule has 6 rings (SSSR count). The average Bonchev–Trinajstić information content (AvgIpc) is 3.44. The lowest BCUT2D eigenvalue weighted by Crippen LogP contribution is -2.50. The Morgan fingerprint density at radius 2 is 1.97 bits per heavy atom. The van der Waals surface area contributed by atoms with E-state index in [1.807, 2.05) is 29.8 Å². The highest BCUT2D eigenvalue weighted by atomic mass is 19.1. The first-order valence-electron chi connectivity index (χ1n) is 10.9. The lowest BCUT2D eigenvalue weighted by molar-refractivity contribution is -0.140. The molecule has 1 aromatic carbocycles. The van der Waals surface area contributed by atoms with Gasteiger partial charge in [-0.1, -0.05) is 18.2 Å². The van der Waals surface area contributed by atoms with E-state index in [9.17, 15) is 9.18 Å². The summed E-state index contributed by atoms with van der Waals surface area (Å²) in [5.74, 6) is 0.730. The third-order valence-corrected chi connectivity index (χ3v) is 7.04. The van der Waals surface area contributed by atoms with Gasteiger partial charge in [0.1, 0.15) is 17.9 Å². The number of ether oxygens (including phenoxy) is 1. The van der Waals surface area contributed by atoms with Crippen LogP contribution in [0.25, 0.3) is 5.65 Å². The van der Waals surface area contributed by atoms with Crippen molar-refractivity contribution in [2.75, 3.05) is 18.0 Å². The summed E-state index contributed by atoms with van der Waals surface area (Å²) in [7, 11) is 0. The number of aryl methyl sites for hydroxylation is 1. The van der Waals surface area contributed by atoms with Crippen LogP contribution in [0.1, 0.15) is 42.9 Å². The van der Waals surface area contributed by atoms with Crippen LogP contribution in [0.15, 0.2) is 42.7 Å². The summed E-state index contributed by atoms with van der Waals surface area (Å²) in [5, 5.41) is 4.47. The molecule has 3 aliphatic rings. The maximum absolute atomic E-state index is 14.4. The minimum absolute atomic E-state index is 0.0118. The second-order valence-corrected chi connectivity index (χ2v) is 8.75. The quantitative estimate of drug-likeness (QED) is 0.636. The summed E-state index contributed by atoms with van der Waals surface area (Å²) < 4.78 is 22.7. The molecule has 5 heterocycles. The second-order valence-electron chi connectivity index (χ2n) is 8.75. The highest BCUT2D eigenvalue weighted by Gasteiger charge is 2.58. The molecule has 2 atom stereocenters. The van der Waals surface area contributed by atoms with Crippen LogP contribution in [0, 0.1) is 12.7 Å². The molecule has 0 bridgehead atoms. The fourth-order valence-electron chi connectivity index (χ4n) is 5.43. The Morgan fingerprint density at radius 3 is 2.77 bits per heavy atom. The number of piperidine rings is 1. The zero-order valence-corrected chi connectivity index (χ0v) is 17.4. The molecule has 8 heteroatoms. The molecule has 0 unspecified atom stereocenters. The number of carbonyl (C=O) groups excluding carboxylic acids is 1. The average molecular weight is 421 g/mol. The minimum atomic E-state index is -0.808. The monoisotopic (exact) mass is 421 g/mol. The molecule has 3 fully saturated rings. The number of hydrogen-bond donors (Lipinski definition) is 0. The Hall–Kier alpha value is -3.00. The van der Waals surface area contributed by atoms with Crippen LogP contribution in [0.2, 0.25) is 0 Å². The molecular formula is C23H24FN5O2. The molecule has 0 saturated carbocycles. The first kappa shape index (κ1) is 18.7. The Morgan fingerprint density at radius 1 is 1.16 bits per heavy atom. The van der Waals surface area contributed by atoms with Crippen LogP contribution in [0.4, 0.5) is 10.2 Å². The molecule has 160 valence electrons. The van der Waals surface area contributed by atoms with Gasteiger partial charge in [0.05, 0.1) is 12.2 Å². The number of halogens is 1. The lowest BCUT2D eigenvalue weighted by atomic mass is 9.89. The SMILES string of the molecule is Cc1cnn2c(N3CCC4(CC3)O[C@@H]3CC[C@@H](c5ccccc5F)N3C4=O)ccnc12. The standard InChI is InChI=1S/C23H24FN5O2/c1-15-14-26-29-19(8-11-25-21(15)29)27-12-9-23(10-13-27)22(30)28-18(6-7-20(28)31-23)16-4-2-3-5-17(16)24/h2-5,8,11,14,18,20H,6-7,9-10,12-13H2,1H3/t18-,20+/m0/s1. The van der Waals surface area contributed by atoms with Crippen molar-refractivity contribution in [2.45, 2.75) is 50.5 Å². The molecule has 31 heavy (non-hydrogen) atoms. The molecule has 2 aromatic heterocycles. The maximum Gasteiger partial charge on any atom is 0.257 e. The molecule has 1 amide bonds. The first-order chi connectivity index (χ1) is 15.1. The van der Waals surface area contributed by atoms with Gasteiger partial charge in [0.15, 0.2) is 11.2 Å². The summed E-state index contributed by atoms with van der Waals surface area (Å²) in [6, 6.07) is 8.47. The molecule has 0 aliphatic carbocycles. The lowest BCUT2D eigenvalue weighted by Gasteiger charge is -2.38. The summed E-state index contributed by atoms with van der Waals surface area (Å²) in [6.45, 7) is 3.37. The van der Waals surface area contributed by atoms with E-state index in [1.165, 1.54) is 6.07 Å². The van der Waals surface area contributed by atoms with Gasteiger partial charge < -0.3 is 14.5 Å². The van der Waals surface area contributed by atoms with Crippen LogP contribution < -0.4 is 4.90 Å². The zero-order chi connectivity index (χ0) is 21.2. The Balaban J connectivity index is 1.24. The van der Waals surface area contributed by atoms with Crippen molar-refractivity contribution in [1.82, 2.24) is 19.5 Å². The van der Waals surface area contributed by atoms with Crippen LogP contribution in [-0.4, -0.2) is 50.3 Å². The van der Waals surface area contributed by atoms with Crippen molar-refractivity contribution in [1.29, 1.82) is 0 Å². The molecule has 1 spiro atoms. The third kappa shape index (κ3) is 2.70. The van der Waals surface area contributed by atoms with E-state index in [-0.39, 0.29) is 24.0 Å². The fourth-order valence-corrected chi connectivity index (χ4v) is 5.43. The van der Waals surface area contributed by atoms with E-state index < -0.39 is 5.60 Å². The Bertz CT molecular complexity index is 1170. The molecule has 0 radical (unpaired) electrons. The number of nitrogens with zero attached hydrogens (tertiary/aromatic N) is 5. The summed E-state index contributed by atoms with van der Waals surface area (Å²) in [6.07, 6.45) is 6.04. The molecule has 3 saturated heterocycles. The van der Waals surface area contributed by atoms with Gasteiger partial charge in [-0.2, -0.15) is 9.61 Å². The molecule has 0 N–H and O–H groups in total. The van der Waals surface area contributed by atoms with Crippen molar-refractivity contribution in [3.8, 4) is 0 Å². The van der Waals surface area contributed by atoms with Gasteiger partial charge in [-0.25, -0.2) is 9.37 Å². The predicted molar refractivity (Wildman–Crippen MR) is 112 cm³/mol. The van der Waals surface area contributed by atoms with Crippen molar-refractivity contribution in [2.24, 2.45) is 0 Å². The van der Waals surface area contributed by atoms with Crippen molar-refractivity contribution in [3.05, 3.63) is 59.7 Å². The Kier molecular flexibility index (Phi) is 4.08. The van der Waals surface area contributed by atoms with Crippen molar-refractivity contribution in [3.63, 3.8) is 0 Å². The summed E-state index contributed by atoms with van der Waals surface area (Å²) >= 11 is 0. The van der Waals surface area contributed by atoms with Crippen LogP contribution in [0.3, 0.4) is 0 Å². The van der Waals surface area contributed by atoms with Gasteiger partial charge in [-0.15, -0.1) is 0 Å². The number of hydrogen-bond acceptors (Lipinski definition) is 5. The Labute approximate surface area is 179 Å². The zero-order valence-electron chi connectivity index (χ0n) is 17.4. The van der Waals surface area contributed by atoms with E-state index in [0.717, 1.165) is 29.9 Å². The topological polar surface area (TPSA) is 63.0 Å². The van der Waals surface area contributed by atoms with Crippen molar-refractivity contribution < 1.29 is 13.9 Å². The highest BCUT2D eigenvalue weighted by molar-refractivity contribution is 5.88. The van der Waals surface area contributed by atoms with Gasteiger partial charge in [-0.3, -0.25) is 4.79 Å². The first-order valence-corrected chi connectivity index (χ1v) is 10.9. The van der Waals surface area contributed by atoms with E-state index >= 15 is 0 Å². The van der Waals surface area contributed by atoms with Crippen LogP contribution in [-0.2, 0) is 9.53 Å².